The van der Waals surface area contributed by atoms with Crippen molar-refractivity contribution >= 4 is 17.8 Å². The molecule has 1 heterocycles. The molecule has 0 bridgehead atoms. The van der Waals surface area contributed by atoms with Gasteiger partial charge in [-0.15, -0.1) is 0 Å². The molecule has 1 amide bonds. The third-order valence-corrected chi connectivity index (χ3v) is 4.88. The largest absolute Gasteiger partial charge is 0.504 e. The third-order valence-electron chi connectivity index (χ3n) is 4.88. The predicted molar refractivity (Wildman–Crippen MR) is 108 cm³/mol. The van der Waals surface area contributed by atoms with Gasteiger partial charge in [-0.3, -0.25) is 9.59 Å². The maximum absolute atomic E-state index is 12.2. The number of benzene rings is 1. The van der Waals surface area contributed by atoms with Crippen LogP contribution in [0, 0.1) is 0 Å². The van der Waals surface area contributed by atoms with E-state index in [1.54, 1.807) is 6.07 Å². The molecule has 1 unspecified atom stereocenters. The average molecular weight is 456 g/mol. The number of aliphatic carboxylic acids is 2. The molecule has 1 aliphatic rings. The topological polar surface area (TPSA) is 209 Å². The first-order chi connectivity index (χ1) is 15.1. The van der Waals surface area contributed by atoms with Gasteiger partial charge in [0.25, 0.3) is 0 Å². The second-order valence-corrected chi connectivity index (χ2v) is 7.56. The van der Waals surface area contributed by atoms with Crippen molar-refractivity contribution < 1.29 is 49.4 Å². The summed E-state index contributed by atoms with van der Waals surface area (Å²) in [4.78, 5) is 34.0. The lowest BCUT2D eigenvalue weighted by Gasteiger charge is -2.32. The standard InChI is InChI=1S/C20H28N2O10/c21-13(19(28)22-14(20(29)30)2-4-17(26)27)5-10-1-3-16(15(25)6-10)32-18-8-11(24)7-12(9-23)31-18/h1,3,6,11-14,18,23-25H,2,4-5,7-9,21H2,(H,22,28)(H,26,27)(H,29,30)/t11-,12-,13-,14-,18?/m0/s1. The van der Waals surface area contributed by atoms with Gasteiger partial charge in [-0.1, -0.05) is 6.07 Å². The van der Waals surface area contributed by atoms with Gasteiger partial charge in [0.2, 0.25) is 12.2 Å². The first-order valence-electron chi connectivity index (χ1n) is 10.0. The van der Waals surface area contributed by atoms with Gasteiger partial charge >= 0.3 is 11.9 Å². The van der Waals surface area contributed by atoms with Gasteiger partial charge < -0.3 is 46.1 Å². The molecule has 1 fully saturated rings. The first-order valence-corrected chi connectivity index (χ1v) is 10.0. The van der Waals surface area contributed by atoms with Crippen molar-refractivity contribution in [1.82, 2.24) is 5.32 Å². The van der Waals surface area contributed by atoms with Gasteiger partial charge in [-0.2, -0.15) is 0 Å². The molecule has 12 nitrogen and oxygen atoms in total. The van der Waals surface area contributed by atoms with Crippen molar-refractivity contribution in [1.29, 1.82) is 0 Å². The summed E-state index contributed by atoms with van der Waals surface area (Å²) >= 11 is 0. The Hall–Kier alpha value is -2.93. The van der Waals surface area contributed by atoms with Crippen LogP contribution in [0.1, 0.15) is 31.2 Å². The van der Waals surface area contributed by atoms with Gasteiger partial charge in [-0.25, -0.2) is 4.79 Å². The summed E-state index contributed by atoms with van der Waals surface area (Å²) in [5.74, 6) is -3.52. The fourth-order valence-electron chi connectivity index (χ4n) is 3.22. The number of aromatic hydroxyl groups is 1. The molecule has 1 aromatic rings. The van der Waals surface area contributed by atoms with Crippen LogP contribution in [0.3, 0.4) is 0 Å². The zero-order valence-corrected chi connectivity index (χ0v) is 17.2. The zero-order valence-electron chi connectivity index (χ0n) is 17.2. The average Bonchev–Trinajstić information content (AvgIpc) is 2.72. The lowest BCUT2D eigenvalue weighted by molar-refractivity contribution is -0.185. The normalized spacial score (nSPS) is 22.5. The van der Waals surface area contributed by atoms with E-state index in [1.807, 2.05) is 0 Å². The van der Waals surface area contributed by atoms with Crippen LogP contribution in [0.15, 0.2) is 18.2 Å². The molecule has 1 aliphatic heterocycles. The fourth-order valence-corrected chi connectivity index (χ4v) is 3.22. The van der Waals surface area contributed by atoms with Crippen LogP contribution in [0.25, 0.3) is 0 Å². The molecule has 1 saturated heterocycles. The molecule has 0 saturated carbocycles. The minimum atomic E-state index is -1.39. The number of hydrogen-bond acceptors (Lipinski definition) is 9. The number of aliphatic hydroxyl groups is 2. The first kappa shape index (κ1) is 25.3. The Bertz CT molecular complexity index is 818. The molecule has 32 heavy (non-hydrogen) atoms. The molecule has 0 spiro atoms. The molecule has 0 radical (unpaired) electrons. The number of carboxylic acids is 2. The highest BCUT2D eigenvalue weighted by atomic mass is 16.7. The van der Waals surface area contributed by atoms with Crippen molar-refractivity contribution in [3.8, 4) is 11.5 Å². The van der Waals surface area contributed by atoms with Crippen molar-refractivity contribution in [3.05, 3.63) is 23.8 Å². The Kier molecular flexibility index (Phi) is 9.20. The van der Waals surface area contributed by atoms with Crippen molar-refractivity contribution in [2.24, 2.45) is 5.73 Å². The van der Waals surface area contributed by atoms with E-state index >= 15 is 0 Å². The van der Waals surface area contributed by atoms with E-state index < -0.39 is 54.8 Å². The number of nitrogens with one attached hydrogen (secondary N) is 1. The maximum Gasteiger partial charge on any atom is 0.326 e. The number of nitrogens with two attached hydrogens (primary N) is 1. The van der Waals surface area contributed by atoms with Gasteiger partial charge in [-0.05, 0) is 30.5 Å². The molecule has 0 aromatic heterocycles. The molecule has 178 valence electrons. The number of hydrogen-bond donors (Lipinski definition) is 7. The second-order valence-electron chi connectivity index (χ2n) is 7.56. The Morgan fingerprint density at radius 3 is 2.56 bits per heavy atom. The molecule has 8 N–H and O–H groups in total. The van der Waals surface area contributed by atoms with Crippen LogP contribution in [-0.4, -0.2) is 80.6 Å². The van der Waals surface area contributed by atoms with E-state index in [0.717, 1.165) is 0 Å². The monoisotopic (exact) mass is 456 g/mol. The quantitative estimate of drug-likeness (QED) is 0.213. The summed E-state index contributed by atoms with van der Waals surface area (Å²) in [7, 11) is 0. The Balaban J connectivity index is 1.95. The van der Waals surface area contributed by atoms with E-state index in [2.05, 4.69) is 5.32 Å². The van der Waals surface area contributed by atoms with E-state index in [0.29, 0.717) is 5.56 Å². The van der Waals surface area contributed by atoms with Crippen LogP contribution < -0.4 is 15.8 Å². The van der Waals surface area contributed by atoms with Gasteiger partial charge in [0.05, 0.1) is 24.9 Å². The minimum Gasteiger partial charge on any atom is -0.504 e. The van der Waals surface area contributed by atoms with Gasteiger partial charge in [0.15, 0.2) is 11.5 Å². The number of phenols is 1. The van der Waals surface area contributed by atoms with Crippen molar-refractivity contribution in [2.45, 2.75) is 62.7 Å². The maximum atomic E-state index is 12.2. The molecular weight excluding hydrogens is 428 g/mol. The molecule has 5 atom stereocenters. The van der Waals surface area contributed by atoms with Crippen molar-refractivity contribution in [2.75, 3.05) is 6.61 Å². The molecule has 1 aromatic carbocycles. The second kappa shape index (κ2) is 11.6. The van der Waals surface area contributed by atoms with Gasteiger partial charge in [0, 0.05) is 19.3 Å². The number of carboxylic acid groups (broad SMARTS) is 2. The number of aliphatic hydroxyl groups excluding tert-OH is 2. The van der Waals surface area contributed by atoms with Gasteiger partial charge in [0.1, 0.15) is 6.04 Å². The zero-order chi connectivity index (χ0) is 23.8. The smallest absolute Gasteiger partial charge is 0.326 e. The number of carbonyl (C=O) groups excluding carboxylic acids is 1. The number of ether oxygens (including phenoxy) is 2. The molecular formula is C20H28N2O10. The van der Waals surface area contributed by atoms with E-state index in [9.17, 15) is 29.7 Å². The number of carbonyl (C=O) groups is 3. The highest BCUT2D eigenvalue weighted by Gasteiger charge is 2.30. The summed E-state index contributed by atoms with van der Waals surface area (Å²) in [6.45, 7) is -0.277. The highest BCUT2D eigenvalue weighted by Crippen LogP contribution is 2.31. The Morgan fingerprint density at radius 2 is 1.97 bits per heavy atom. The van der Waals surface area contributed by atoms with Crippen LogP contribution in [-0.2, 0) is 25.5 Å². The lowest BCUT2D eigenvalue weighted by atomic mass is 10.0. The highest BCUT2D eigenvalue weighted by molar-refractivity contribution is 5.87. The summed E-state index contributed by atoms with van der Waals surface area (Å²) in [6.07, 6.45) is -2.46. The van der Waals surface area contributed by atoms with E-state index in [4.69, 9.17) is 25.4 Å². The summed E-state index contributed by atoms with van der Waals surface area (Å²) in [5.41, 5.74) is 6.30. The summed E-state index contributed by atoms with van der Waals surface area (Å²) < 4.78 is 11.0. The molecule has 2 rings (SSSR count). The van der Waals surface area contributed by atoms with Crippen molar-refractivity contribution in [3.63, 3.8) is 0 Å². The summed E-state index contributed by atoms with van der Waals surface area (Å²) in [5, 5.41) is 49.3. The van der Waals surface area contributed by atoms with Crippen LogP contribution >= 0.6 is 0 Å². The molecule has 0 aliphatic carbocycles. The van der Waals surface area contributed by atoms with Crippen LogP contribution in [0.5, 0.6) is 11.5 Å². The number of rotatable bonds is 11. The van der Waals surface area contributed by atoms with Crippen LogP contribution in [0.2, 0.25) is 0 Å². The third kappa shape index (κ3) is 7.64. The number of amides is 1. The summed E-state index contributed by atoms with van der Waals surface area (Å²) in [6, 6.07) is 1.77. The Morgan fingerprint density at radius 1 is 1.25 bits per heavy atom. The SMILES string of the molecule is N[C@@H](Cc1ccc(OC2C[C@@H](O)C[C@@H](CO)O2)c(O)c1)C(=O)N[C@@H](CCC(=O)O)C(=O)O. The Labute approximate surface area is 183 Å². The lowest BCUT2D eigenvalue weighted by Crippen LogP contribution is -2.49. The van der Waals surface area contributed by atoms with E-state index in [-0.39, 0.29) is 43.8 Å². The van der Waals surface area contributed by atoms with Crippen LogP contribution in [0.4, 0.5) is 0 Å². The molecule has 12 heteroatoms. The number of phenolic OH excluding ortho intramolecular Hbond substituents is 1. The minimum absolute atomic E-state index is 0.0316. The predicted octanol–water partition coefficient (Wildman–Crippen LogP) is -1.07. The van der Waals surface area contributed by atoms with E-state index in [1.165, 1.54) is 12.1 Å². The fraction of sp³-hybridized carbons (Fsp3) is 0.550.